The smallest absolute Gasteiger partial charge is 0.490 e. The van der Waals surface area contributed by atoms with Gasteiger partial charge in [-0.15, -0.1) is 13.2 Å². The fourth-order valence-corrected chi connectivity index (χ4v) is 4.56. The van der Waals surface area contributed by atoms with E-state index in [4.69, 9.17) is 21.1 Å². The van der Waals surface area contributed by atoms with Crippen molar-refractivity contribution in [2.75, 3.05) is 25.1 Å². The number of rotatable bonds is 7. The summed E-state index contributed by atoms with van der Waals surface area (Å²) in [5, 5.41) is 7.10. The zero-order valence-corrected chi connectivity index (χ0v) is 19.6. The van der Waals surface area contributed by atoms with Crippen LogP contribution in [0.2, 0.25) is 5.02 Å². The van der Waals surface area contributed by atoms with Crippen LogP contribution in [0.3, 0.4) is 0 Å². The first-order chi connectivity index (χ1) is 16.6. The molecule has 192 valence electrons. The van der Waals surface area contributed by atoms with Gasteiger partial charge in [-0.2, -0.15) is 5.10 Å². The minimum atomic E-state index is -4.75. The average molecular weight is 520 g/mol. The second kappa shape index (κ2) is 10.6. The second-order valence-corrected chi connectivity index (χ2v) is 9.23. The lowest BCUT2D eigenvalue weighted by Crippen LogP contribution is -2.41. The van der Waals surface area contributed by atoms with E-state index in [0.29, 0.717) is 50.9 Å². The molecule has 0 radical (unpaired) electrons. The molecule has 1 saturated carbocycles. The maximum absolute atomic E-state index is 14.7. The molecule has 35 heavy (non-hydrogen) atoms. The van der Waals surface area contributed by atoms with E-state index >= 15 is 0 Å². The monoisotopic (exact) mass is 519 g/mol. The van der Waals surface area contributed by atoms with E-state index in [1.807, 2.05) is 0 Å². The van der Waals surface area contributed by atoms with E-state index in [-0.39, 0.29) is 41.8 Å². The number of hydrogen-bond acceptors (Lipinski definition) is 6. The first-order valence-corrected chi connectivity index (χ1v) is 11.8. The van der Waals surface area contributed by atoms with Gasteiger partial charge < -0.3 is 19.5 Å². The Kier molecular flexibility index (Phi) is 7.75. The van der Waals surface area contributed by atoms with Crippen LogP contribution in [-0.2, 0) is 4.74 Å². The summed E-state index contributed by atoms with van der Waals surface area (Å²) in [5.74, 6) is 0.119. The zero-order chi connectivity index (χ0) is 25.1. The van der Waals surface area contributed by atoms with Gasteiger partial charge >= 0.3 is 6.36 Å². The van der Waals surface area contributed by atoms with Crippen LogP contribution in [0.4, 0.5) is 23.2 Å². The lowest BCUT2D eigenvalue weighted by molar-refractivity contribution is -0.274. The summed E-state index contributed by atoms with van der Waals surface area (Å²) >= 11 is 6.27. The molecular weight excluding hydrogens is 494 g/mol. The maximum Gasteiger partial charge on any atom is 0.573 e. The van der Waals surface area contributed by atoms with Crippen LogP contribution in [0, 0.1) is 0 Å². The molecule has 1 saturated heterocycles. The van der Waals surface area contributed by atoms with Crippen LogP contribution in [-0.4, -0.2) is 47.7 Å². The summed E-state index contributed by atoms with van der Waals surface area (Å²) in [7, 11) is 0. The second-order valence-electron chi connectivity index (χ2n) is 8.85. The van der Waals surface area contributed by atoms with Crippen LogP contribution in [0.5, 0.6) is 11.5 Å². The number of halogens is 5. The third-order valence-corrected chi connectivity index (χ3v) is 6.53. The highest BCUT2D eigenvalue weighted by molar-refractivity contribution is 6.32. The van der Waals surface area contributed by atoms with Gasteiger partial charge in [0.2, 0.25) is 0 Å². The minimum absolute atomic E-state index is 0.00109. The topological polar surface area (TPSA) is 74.6 Å². The van der Waals surface area contributed by atoms with Gasteiger partial charge in [0.05, 0.1) is 37.2 Å². The summed E-state index contributed by atoms with van der Waals surface area (Å²) in [6.07, 6.45) is 0.0271. The van der Waals surface area contributed by atoms with E-state index in [0.717, 1.165) is 0 Å². The highest BCUT2D eigenvalue weighted by atomic mass is 35.5. The minimum Gasteiger partial charge on any atom is -0.490 e. The van der Waals surface area contributed by atoms with E-state index in [2.05, 4.69) is 15.2 Å². The van der Waals surface area contributed by atoms with Crippen LogP contribution >= 0.6 is 11.6 Å². The van der Waals surface area contributed by atoms with Crippen molar-refractivity contribution in [2.24, 2.45) is 0 Å². The third-order valence-electron chi connectivity index (χ3n) is 6.16. The summed E-state index contributed by atoms with van der Waals surface area (Å²) < 4.78 is 67.9. The Morgan fingerprint density at radius 2 is 1.86 bits per heavy atom. The lowest BCUT2D eigenvalue weighted by atomic mass is 9.93. The highest BCUT2D eigenvalue weighted by Gasteiger charge is 2.33. The van der Waals surface area contributed by atoms with Gasteiger partial charge in [-0.05, 0) is 62.8 Å². The molecule has 0 unspecified atom stereocenters. The standard InChI is InChI=1S/C23H26ClF4N3O4/c24-20-19(29-13-22(25)10-1-11-33-14-22)12-30-31(21(20)32)15-2-4-16(5-3-15)34-17-6-8-18(9-7-17)35-23(26,27)28/h6-9,12,15-16,29H,1-5,10-11,13-14H2/t15?,16?,22-/m0/s1. The van der Waals surface area contributed by atoms with Gasteiger partial charge in [0.25, 0.3) is 5.56 Å². The number of nitrogens with zero attached hydrogens (tertiary/aromatic N) is 2. The molecular formula is C23H26ClF4N3O4. The molecule has 12 heteroatoms. The maximum atomic E-state index is 14.7. The van der Waals surface area contributed by atoms with Crippen molar-refractivity contribution in [3.05, 3.63) is 45.8 Å². The van der Waals surface area contributed by atoms with Gasteiger partial charge in [0.15, 0.2) is 5.67 Å². The van der Waals surface area contributed by atoms with Crippen molar-refractivity contribution in [3.8, 4) is 11.5 Å². The molecule has 1 N–H and O–H groups in total. The molecule has 0 bridgehead atoms. The summed E-state index contributed by atoms with van der Waals surface area (Å²) in [6, 6.07) is 5.07. The Labute approximate surface area is 204 Å². The fraction of sp³-hybridized carbons (Fsp3) is 0.565. The summed E-state index contributed by atoms with van der Waals surface area (Å²) in [4.78, 5) is 12.8. The van der Waals surface area contributed by atoms with Gasteiger partial charge in [-0.3, -0.25) is 4.79 Å². The Morgan fingerprint density at radius 3 is 2.49 bits per heavy atom. The first-order valence-electron chi connectivity index (χ1n) is 11.4. The molecule has 4 rings (SSSR count). The van der Waals surface area contributed by atoms with Crippen LogP contribution in [0.15, 0.2) is 35.3 Å². The van der Waals surface area contributed by atoms with Crippen molar-refractivity contribution in [1.82, 2.24) is 9.78 Å². The molecule has 2 aliphatic rings. The number of alkyl halides is 4. The van der Waals surface area contributed by atoms with Crippen LogP contribution < -0.4 is 20.3 Å². The Hall–Kier alpha value is -2.53. The van der Waals surface area contributed by atoms with Crippen molar-refractivity contribution in [1.29, 1.82) is 0 Å². The van der Waals surface area contributed by atoms with E-state index in [9.17, 15) is 22.4 Å². The summed E-state index contributed by atoms with van der Waals surface area (Å²) in [5.41, 5.74) is -1.68. The van der Waals surface area contributed by atoms with Crippen LogP contribution in [0.1, 0.15) is 44.6 Å². The predicted molar refractivity (Wildman–Crippen MR) is 121 cm³/mol. The zero-order valence-electron chi connectivity index (χ0n) is 18.8. The van der Waals surface area contributed by atoms with Gasteiger partial charge in [-0.1, -0.05) is 11.6 Å². The molecule has 1 aliphatic carbocycles. The molecule has 2 aromatic rings. The van der Waals surface area contributed by atoms with Crippen molar-refractivity contribution in [2.45, 2.75) is 62.7 Å². The van der Waals surface area contributed by atoms with Gasteiger partial charge in [-0.25, -0.2) is 9.07 Å². The number of benzene rings is 1. The van der Waals surface area contributed by atoms with Gasteiger partial charge in [0, 0.05) is 6.61 Å². The molecule has 1 aromatic carbocycles. The molecule has 1 aromatic heterocycles. The normalized spacial score (nSPS) is 25.2. The molecule has 2 heterocycles. The van der Waals surface area contributed by atoms with Crippen molar-refractivity contribution < 1.29 is 31.8 Å². The number of ether oxygens (including phenoxy) is 3. The molecule has 0 amide bonds. The highest BCUT2D eigenvalue weighted by Crippen LogP contribution is 2.32. The molecule has 0 spiro atoms. The van der Waals surface area contributed by atoms with Crippen LogP contribution in [0.25, 0.3) is 0 Å². The largest absolute Gasteiger partial charge is 0.573 e. The number of aromatic nitrogens is 2. The SMILES string of the molecule is O=c1c(Cl)c(NC[C@@]2(F)CCCOC2)cnn1C1CCC(Oc2ccc(OC(F)(F)F)cc2)CC1. The fourth-order valence-electron chi connectivity index (χ4n) is 4.36. The molecule has 1 aliphatic heterocycles. The van der Waals surface area contributed by atoms with E-state index in [1.54, 1.807) is 0 Å². The first kappa shape index (κ1) is 25.6. The Morgan fingerprint density at radius 1 is 1.17 bits per heavy atom. The quantitative estimate of drug-likeness (QED) is 0.501. The Balaban J connectivity index is 1.31. The van der Waals surface area contributed by atoms with E-state index in [1.165, 1.54) is 35.1 Å². The van der Waals surface area contributed by atoms with Gasteiger partial charge in [0.1, 0.15) is 16.5 Å². The third kappa shape index (κ3) is 6.78. The van der Waals surface area contributed by atoms with Crippen molar-refractivity contribution in [3.63, 3.8) is 0 Å². The predicted octanol–water partition coefficient (Wildman–Crippen LogP) is 5.29. The lowest BCUT2D eigenvalue weighted by Gasteiger charge is -2.30. The summed E-state index contributed by atoms with van der Waals surface area (Å²) in [6.45, 7) is 0.517. The molecule has 1 atom stereocenters. The number of anilines is 1. The van der Waals surface area contributed by atoms with Crippen molar-refractivity contribution >= 4 is 17.3 Å². The number of hydrogen-bond donors (Lipinski definition) is 1. The number of nitrogens with one attached hydrogen (secondary N) is 1. The molecule has 2 fully saturated rings. The van der Waals surface area contributed by atoms with E-state index < -0.39 is 17.6 Å². The average Bonchev–Trinajstić information content (AvgIpc) is 2.82. The molecule has 7 nitrogen and oxygen atoms in total. The Bertz CT molecular complexity index is 1050.